The molecule has 4 nitrogen and oxygen atoms in total. The number of carbonyl (C=O) groups is 1. The quantitative estimate of drug-likeness (QED) is 0.849. The van der Waals surface area contributed by atoms with Crippen LogP contribution in [0.4, 0.5) is 0 Å². The molecule has 1 unspecified atom stereocenters. The van der Waals surface area contributed by atoms with Gasteiger partial charge in [0, 0.05) is 13.0 Å². The second-order valence-electron chi connectivity index (χ2n) is 6.29. The Morgan fingerprint density at radius 1 is 1.13 bits per heavy atom. The summed E-state index contributed by atoms with van der Waals surface area (Å²) < 4.78 is 11.3. The highest BCUT2D eigenvalue weighted by Gasteiger charge is 2.42. The van der Waals surface area contributed by atoms with Gasteiger partial charge in [-0.15, -0.1) is 0 Å². The minimum atomic E-state index is -0.286. The van der Waals surface area contributed by atoms with Crippen molar-refractivity contribution in [3.05, 3.63) is 66.3 Å². The number of piperidine rings is 1. The zero-order valence-corrected chi connectivity index (χ0v) is 12.9. The van der Waals surface area contributed by atoms with Gasteiger partial charge in [0.1, 0.15) is 5.60 Å². The first-order valence-corrected chi connectivity index (χ1v) is 8.01. The highest BCUT2D eigenvalue weighted by molar-refractivity contribution is 5.91. The van der Waals surface area contributed by atoms with Gasteiger partial charge in [0.05, 0.1) is 19.1 Å². The molecular weight excluding hydrogens is 290 g/mol. The van der Waals surface area contributed by atoms with Crippen LogP contribution in [-0.2, 0) is 4.74 Å². The van der Waals surface area contributed by atoms with E-state index in [0.29, 0.717) is 12.3 Å². The van der Waals surface area contributed by atoms with Gasteiger partial charge in [0.25, 0.3) is 5.91 Å². The normalized spacial score (nSPS) is 23.7. The fourth-order valence-corrected chi connectivity index (χ4v) is 3.52. The van der Waals surface area contributed by atoms with Crippen molar-refractivity contribution in [2.24, 2.45) is 0 Å². The largest absolute Gasteiger partial charge is 0.492 e. The Morgan fingerprint density at radius 3 is 2.78 bits per heavy atom. The van der Waals surface area contributed by atoms with Crippen molar-refractivity contribution in [2.45, 2.75) is 24.9 Å². The van der Waals surface area contributed by atoms with E-state index >= 15 is 0 Å². The van der Waals surface area contributed by atoms with Crippen molar-refractivity contribution in [3.63, 3.8) is 0 Å². The van der Waals surface area contributed by atoms with Crippen molar-refractivity contribution in [2.75, 3.05) is 13.1 Å². The van der Waals surface area contributed by atoms with E-state index in [9.17, 15) is 4.79 Å². The smallest absolute Gasteiger partial charge is 0.289 e. The van der Waals surface area contributed by atoms with Crippen molar-refractivity contribution in [1.29, 1.82) is 0 Å². The van der Waals surface area contributed by atoms with Crippen LogP contribution < -0.4 is 0 Å². The Morgan fingerprint density at radius 2 is 2.00 bits per heavy atom. The average Bonchev–Trinajstić information content (AvgIpc) is 3.26. The molecule has 1 atom stereocenters. The van der Waals surface area contributed by atoms with Gasteiger partial charge in [-0.3, -0.25) is 4.79 Å². The molecule has 23 heavy (non-hydrogen) atoms. The van der Waals surface area contributed by atoms with Crippen LogP contribution in [0.25, 0.3) is 5.57 Å². The van der Waals surface area contributed by atoms with Gasteiger partial charge in [0.2, 0.25) is 0 Å². The van der Waals surface area contributed by atoms with Crippen LogP contribution in [0.3, 0.4) is 0 Å². The molecule has 0 aliphatic carbocycles. The second-order valence-corrected chi connectivity index (χ2v) is 6.29. The summed E-state index contributed by atoms with van der Waals surface area (Å²) in [7, 11) is 0. The molecule has 0 radical (unpaired) electrons. The van der Waals surface area contributed by atoms with Gasteiger partial charge in [-0.05, 0) is 36.1 Å². The van der Waals surface area contributed by atoms with E-state index in [-0.39, 0.29) is 11.5 Å². The summed E-state index contributed by atoms with van der Waals surface area (Å²) in [5.41, 5.74) is 2.11. The van der Waals surface area contributed by atoms with Gasteiger partial charge in [0.15, 0.2) is 5.76 Å². The molecule has 4 heteroatoms. The van der Waals surface area contributed by atoms with Crippen molar-refractivity contribution < 1.29 is 13.9 Å². The molecule has 1 aromatic heterocycles. The van der Waals surface area contributed by atoms with Crippen LogP contribution in [0.15, 0.2) is 59.4 Å². The molecule has 118 valence electrons. The van der Waals surface area contributed by atoms with E-state index in [2.05, 4.69) is 12.1 Å². The lowest BCUT2D eigenvalue weighted by Gasteiger charge is -2.39. The van der Waals surface area contributed by atoms with Crippen LogP contribution in [0.1, 0.15) is 35.4 Å². The number of benzene rings is 1. The van der Waals surface area contributed by atoms with Crippen LogP contribution in [0.2, 0.25) is 0 Å². The zero-order valence-electron chi connectivity index (χ0n) is 12.9. The first-order chi connectivity index (χ1) is 11.3. The summed E-state index contributed by atoms with van der Waals surface area (Å²) in [6.07, 6.45) is 6.17. The lowest BCUT2D eigenvalue weighted by atomic mass is 9.86. The Kier molecular flexibility index (Phi) is 3.45. The molecule has 1 spiro atoms. The SMILES string of the molecule is O=C(c1ccco1)N1CCCC2(CC(c3ccccc3)=CO2)C1. The summed E-state index contributed by atoms with van der Waals surface area (Å²) in [5.74, 6) is 0.349. The molecular formula is C19H19NO3. The minimum Gasteiger partial charge on any atom is -0.492 e. The number of hydrogen-bond acceptors (Lipinski definition) is 3. The van der Waals surface area contributed by atoms with E-state index in [4.69, 9.17) is 9.15 Å². The van der Waals surface area contributed by atoms with Crippen LogP contribution in [-0.4, -0.2) is 29.5 Å². The molecule has 4 rings (SSSR count). The highest BCUT2D eigenvalue weighted by atomic mass is 16.5. The molecule has 2 aliphatic rings. The first kappa shape index (κ1) is 14.1. The molecule has 3 heterocycles. The third-order valence-electron chi connectivity index (χ3n) is 4.67. The van der Waals surface area contributed by atoms with Crippen molar-refractivity contribution in [1.82, 2.24) is 4.90 Å². The van der Waals surface area contributed by atoms with Crippen molar-refractivity contribution >= 4 is 11.5 Å². The number of rotatable bonds is 2. The van der Waals surface area contributed by atoms with Crippen molar-refractivity contribution in [3.8, 4) is 0 Å². The van der Waals surface area contributed by atoms with E-state index in [1.165, 1.54) is 17.4 Å². The van der Waals surface area contributed by atoms with E-state index < -0.39 is 0 Å². The van der Waals surface area contributed by atoms with Gasteiger partial charge < -0.3 is 14.1 Å². The number of amides is 1. The summed E-state index contributed by atoms with van der Waals surface area (Å²) in [5, 5.41) is 0. The maximum atomic E-state index is 12.5. The summed E-state index contributed by atoms with van der Waals surface area (Å²) in [6.45, 7) is 1.37. The lowest BCUT2D eigenvalue weighted by Crippen LogP contribution is -2.50. The molecule has 0 saturated carbocycles. The third-order valence-corrected chi connectivity index (χ3v) is 4.67. The fraction of sp³-hybridized carbons (Fsp3) is 0.316. The molecule has 0 bridgehead atoms. The van der Waals surface area contributed by atoms with Crippen LogP contribution in [0.5, 0.6) is 0 Å². The molecule has 2 aliphatic heterocycles. The maximum Gasteiger partial charge on any atom is 0.289 e. The topological polar surface area (TPSA) is 42.7 Å². The van der Waals surface area contributed by atoms with E-state index in [1.807, 2.05) is 29.4 Å². The van der Waals surface area contributed by atoms with Gasteiger partial charge in [-0.2, -0.15) is 0 Å². The second kappa shape index (κ2) is 5.61. The van der Waals surface area contributed by atoms with Crippen LogP contribution >= 0.6 is 0 Å². The average molecular weight is 309 g/mol. The summed E-state index contributed by atoms with van der Waals surface area (Å²) >= 11 is 0. The summed E-state index contributed by atoms with van der Waals surface area (Å²) in [6, 6.07) is 13.7. The third kappa shape index (κ3) is 2.65. The van der Waals surface area contributed by atoms with Gasteiger partial charge in [-0.25, -0.2) is 0 Å². The molecule has 1 fully saturated rings. The van der Waals surface area contributed by atoms with E-state index in [1.54, 1.807) is 12.1 Å². The van der Waals surface area contributed by atoms with E-state index in [0.717, 1.165) is 25.8 Å². The standard InChI is InChI=1S/C19H19NO3/c21-18(17-8-4-11-22-17)20-10-5-9-19(14-20)12-16(13-23-19)15-6-2-1-3-7-15/h1-4,6-8,11,13H,5,9-10,12,14H2. The Bertz CT molecular complexity index is 720. The van der Waals surface area contributed by atoms with Gasteiger partial charge in [-0.1, -0.05) is 30.3 Å². The predicted octanol–water partition coefficient (Wildman–Crippen LogP) is 3.72. The number of hydrogen-bond donors (Lipinski definition) is 0. The van der Waals surface area contributed by atoms with Gasteiger partial charge >= 0.3 is 0 Å². The lowest BCUT2D eigenvalue weighted by molar-refractivity contribution is -0.0198. The summed E-state index contributed by atoms with van der Waals surface area (Å²) in [4.78, 5) is 14.4. The zero-order chi connectivity index (χ0) is 15.7. The highest BCUT2D eigenvalue weighted by Crippen LogP contribution is 2.40. The number of furan rings is 1. The number of nitrogens with zero attached hydrogens (tertiary/aromatic N) is 1. The molecule has 1 aromatic carbocycles. The Balaban J connectivity index is 1.49. The molecule has 1 amide bonds. The minimum absolute atomic E-state index is 0.0502. The Labute approximate surface area is 135 Å². The monoisotopic (exact) mass is 309 g/mol. The number of likely N-dealkylation sites (tertiary alicyclic amines) is 1. The molecule has 2 aromatic rings. The maximum absolute atomic E-state index is 12.5. The molecule has 1 saturated heterocycles. The number of carbonyl (C=O) groups excluding carboxylic acids is 1. The predicted molar refractivity (Wildman–Crippen MR) is 86.7 cm³/mol. The first-order valence-electron chi connectivity index (χ1n) is 8.01. The Hall–Kier alpha value is -2.49. The van der Waals surface area contributed by atoms with Crippen LogP contribution in [0, 0.1) is 0 Å². The fourth-order valence-electron chi connectivity index (χ4n) is 3.52. The molecule has 0 N–H and O–H groups in total. The number of ether oxygens (including phenoxy) is 1.